The highest BCUT2D eigenvalue weighted by atomic mass is 32.1. The zero-order valence-corrected chi connectivity index (χ0v) is 21.6. The fraction of sp³-hybridized carbons (Fsp3) is 0.222. The van der Waals surface area contributed by atoms with Crippen LogP contribution in [0.2, 0.25) is 0 Å². The number of carbonyl (C=O) groups excluding carboxylic acids is 1. The molecule has 0 aliphatic carbocycles. The summed E-state index contributed by atoms with van der Waals surface area (Å²) in [6.07, 6.45) is 7.12. The molecule has 0 aliphatic heterocycles. The van der Waals surface area contributed by atoms with Gasteiger partial charge in [0, 0.05) is 30.6 Å². The Bertz CT molecular complexity index is 1570. The van der Waals surface area contributed by atoms with E-state index in [-0.39, 0.29) is 5.82 Å². The molecule has 0 fully saturated rings. The first-order valence-corrected chi connectivity index (χ1v) is 12.6. The van der Waals surface area contributed by atoms with E-state index in [0.717, 1.165) is 40.4 Å². The van der Waals surface area contributed by atoms with Crippen LogP contribution in [0.15, 0.2) is 67.3 Å². The minimum absolute atomic E-state index is 0.301. The Hall–Kier alpha value is -4.02. The van der Waals surface area contributed by atoms with Gasteiger partial charge in [0.1, 0.15) is 28.2 Å². The molecule has 0 radical (unpaired) electrons. The van der Waals surface area contributed by atoms with E-state index in [1.54, 1.807) is 31.3 Å². The largest absolute Gasteiger partial charge is 0.484 e. The van der Waals surface area contributed by atoms with Crippen molar-refractivity contribution in [2.24, 2.45) is 5.73 Å². The predicted octanol–water partition coefficient (Wildman–Crippen LogP) is 4.87. The number of imidazole rings is 1. The summed E-state index contributed by atoms with van der Waals surface area (Å²) in [5, 5.41) is 4.46. The number of carbonyl (C=O) groups is 1. The normalized spacial score (nSPS) is 12.4. The van der Waals surface area contributed by atoms with Gasteiger partial charge >= 0.3 is 0 Å². The molecule has 8 nitrogen and oxygen atoms in total. The molecule has 4 heterocycles. The molecular weight excluding hydrogens is 491 g/mol. The highest BCUT2D eigenvalue weighted by Crippen LogP contribution is 2.38. The molecule has 0 saturated heterocycles. The fourth-order valence-electron chi connectivity index (χ4n) is 4.06. The molecule has 10 heteroatoms. The molecule has 4 aromatic heterocycles. The van der Waals surface area contributed by atoms with Crippen LogP contribution >= 0.6 is 11.3 Å². The van der Waals surface area contributed by atoms with E-state index in [1.807, 2.05) is 53.9 Å². The molecule has 0 spiro atoms. The summed E-state index contributed by atoms with van der Waals surface area (Å²) in [6, 6.07) is 12.0. The lowest BCUT2D eigenvalue weighted by Crippen LogP contribution is -2.18. The standard InChI is InChI=1S/C27H27FN6O2S/c1-17(18-5-4-6-21(28)11-18)36-23-13-24(37-26(23)27(29)35)22-15-30-25-12-19(7-8-34(22)25)20-14-31-33(16-20)10-9-32(2)3/h4-8,11-17H,9-10H2,1-3H3,(H2,29,35). The van der Waals surface area contributed by atoms with Gasteiger partial charge in [-0.25, -0.2) is 9.37 Å². The first-order chi connectivity index (χ1) is 17.8. The van der Waals surface area contributed by atoms with Crippen LogP contribution in [0.25, 0.3) is 27.3 Å². The third-order valence-corrected chi connectivity index (χ3v) is 7.21. The number of nitrogens with zero attached hydrogens (tertiary/aromatic N) is 5. The Balaban J connectivity index is 1.42. The van der Waals surface area contributed by atoms with Gasteiger partial charge < -0.3 is 15.4 Å². The highest BCUT2D eigenvalue weighted by Gasteiger charge is 2.21. The number of likely N-dealkylation sites (N-methyl/N-ethyl adjacent to an activating group) is 1. The number of pyridine rings is 1. The number of fused-ring (bicyclic) bond motifs is 1. The van der Waals surface area contributed by atoms with E-state index in [4.69, 9.17) is 10.5 Å². The van der Waals surface area contributed by atoms with Gasteiger partial charge in [0.25, 0.3) is 5.91 Å². The number of hydrogen-bond donors (Lipinski definition) is 1. The van der Waals surface area contributed by atoms with Crippen molar-refractivity contribution in [1.29, 1.82) is 0 Å². The van der Waals surface area contributed by atoms with Crippen molar-refractivity contribution < 1.29 is 13.9 Å². The summed E-state index contributed by atoms with van der Waals surface area (Å²) < 4.78 is 23.6. The van der Waals surface area contributed by atoms with Crippen molar-refractivity contribution >= 4 is 22.9 Å². The van der Waals surface area contributed by atoms with Crippen LogP contribution in [0.5, 0.6) is 5.75 Å². The number of aromatic nitrogens is 4. The van der Waals surface area contributed by atoms with Gasteiger partial charge in [-0.1, -0.05) is 12.1 Å². The van der Waals surface area contributed by atoms with Crippen molar-refractivity contribution in [3.05, 3.63) is 83.5 Å². The van der Waals surface area contributed by atoms with Crippen LogP contribution in [-0.2, 0) is 6.54 Å². The Morgan fingerprint density at radius 1 is 1.19 bits per heavy atom. The molecule has 0 saturated carbocycles. The molecular formula is C27H27FN6O2S. The van der Waals surface area contributed by atoms with Crippen LogP contribution in [0, 0.1) is 5.82 Å². The smallest absolute Gasteiger partial charge is 0.262 e. The van der Waals surface area contributed by atoms with E-state index in [9.17, 15) is 9.18 Å². The highest BCUT2D eigenvalue weighted by molar-refractivity contribution is 7.17. The number of thiophene rings is 1. The molecule has 1 atom stereocenters. The van der Waals surface area contributed by atoms with E-state index in [2.05, 4.69) is 15.0 Å². The summed E-state index contributed by atoms with van der Waals surface area (Å²) in [4.78, 5) is 20.0. The van der Waals surface area contributed by atoms with Crippen LogP contribution in [-0.4, -0.2) is 50.6 Å². The van der Waals surface area contributed by atoms with Crippen molar-refractivity contribution in [3.63, 3.8) is 0 Å². The van der Waals surface area contributed by atoms with Gasteiger partial charge in [-0.2, -0.15) is 5.10 Å². The maximum atomic E-state index is 13.7. The number of ether oxygens (including phenoxy) is 1. The summed E-state index contributed by atoms with van der Waals surface area (Å²) in [7, 11) is 4.07. The van der Waals surface area contributed by atoms with Crippen molar-refractivity contribution in [3.8, 4) is 27.4 Å². The van der Waals surface area contributed by atoms with E-state index < -0.39 is 12.0 Å². The molecule has 0 aliphatic rings. The lowest BCUT2D eigenvalue weighted by Gasteiger charge is -2.14. The molecule has 1 aromatic carbocycles. The third kappa shape index (κ3) is 5.25. The molecule has 2 N–H and O–H groups in total. The quantitative estimate of drug-likeness (QED) is 0.301. The van der Waals surface area contributed by atoms with Crippen LogP contribution in [0.3, 0.4) is 0 Å². The van der Waals surface area contributed by atoms with Crippen molar-refractivity contribution in [2.45, 2.75) is 19.6 Å². The monoisotopic (exact) mass is 518 g/mol. The van der Waals surface area contributed by atoms with Crippen LogP contribution in [0.4, 0.5) is 4.39 Å². The number of hydrogen-bond acceptors (Lipinski definition) is 6. The number of halogens is 1. The van der Waals surface area contributed by atoms with Gasteiger partial charge in [0.2, 0.25) is 0 Å². The van der Waals surface area contributed by atoms with Gasteiger partial charge in [-0.3, -0.25) is 13.9 Å². The Labute approximate surface area is 217 Å². The number of rotatable bonds is 9. The van der Waals surface area contributed by atoms with Crippen LogP contribution < -0.4 is 10.5 Å². The number of amides is 1. The lowest BCUT2D eigenvalue weighted by atomic mass is 10.1. The van der Waals surface area contributed by atoms with Gasteiger partial charge in [0.15, 0.2) is 0 Å². The van der Waals surface area contributed by atoms with E-state index in [0.29, 0.717) is 16.2 Å². The predicted molar refractivity (Wildman–Crippen MR) is 142 cm³/mol. The molecule has 1 amide bonds. The van der Waals surface area contributed by atoms with Gasteiger partial charge in [-0.05, 0) is 56.4 Å². The van der Waals surface area contributed by atoms with Gasteiger partial charge in [0.05, 0.1) is 29.5 Å². The fourth-order valence-corrected chi connectivity index (χ4v) is 5.01. The number of primary amides is 1. The first-order valence-electron chi connectivity index (χ1n) is 11.8. The summed E-state index contributed by atoms with van der Waals surface area (Å²) in [5.74, 6) is -0.568. The van der Waals surface area contributed by atoms with E-state index >= 15 is 0 Å². The zero-order valence-electron chi connectivity index (χ0n) is 20.8. The summed E-state index contributed by atoms with van der Waals surface area (Å²) in [5.41, 5.74) is 9.91. The average molecular weight is 519 g/mol. The van der Waals surface area contributed by atoms with Gasteiger partial charge in [-0.15, -0.1) is 11.3 Å². The van der Waals surface area contributed by atoms with Crippen molar-refractivity contribution in [1.82, 2.24) is 24.1 Å². The molecule has 5 rings (SSSR count). The molecule has 37 heavy (non-hydrogen) atoms. The second kappa shape index (κ2) is 10.2. The summed E-state index contributed by atoms with van der Waals surface area (Å²) in [6.45, 7) is 3.52. The Kier molecular flexibility index (Phi) is 6.77. The maximum Gasteiger partial charge on any atom is 0.262 e. The van der Waals surface area contributed by atoms with Crippen molar-refractivity contribution in [2.75, 3.05) is 20.6 Å². The lowest BCUT2D eigenvalue weighted by molar-refractivity contribution is 0.0998. The Morgan fingerprint density at radius 2 is 2.03 bits per heavy atom. The molecule has 5 aromatic rings. The van der Waals surface area contributed by atoms with Crippen LogP contribution in [0.1, 0.15) is 28.3 Å². The molecule has 1 unspecified atom stereocenters. The summed E-state index contributed by atoms with van der Waals surface area (Å²) >= 11 is 1.24. The first kappa shape index (κ1) is 24.7. The van der Waals surface area contributed by atoms with E-state index in [1.165, 1.54) is 23.5 Å². The second-order valence-corrected chi connectivity index (χ2v) is 10.1. The average Bonchev–Trinajstić information content (AvgIpc) is 3.60. The maximum absolute atomic E-state index is 13.7. The number of nitrogens with two attached hydrogens (primary N) is 1. The minimum atomic E-state index is -0.583. The Morgan fingerprint density at radius 3 is 2.78 bits per heavy atom. The molecule has 190 valence electrons. The number of benzene rings is 1. The topological polar surface area (TPSA) is 90.7 Å². The second-order valence-electron chi connectivity index (χ2n) is 9.07. The molecule has 0 bridgehead atoms. The third-order valence-electron chi connectivity index (χ3n) is 6.05. The zero-order chi connectivity index (χ0) is 26.1. The SMILES string of the molecule is CC(Oc1cc(-c2cnc3cc(-c4cnn(CCN(C)C)c4)ccn23)sc1C(N)=O)c1cccc(F)c1. The minimum Gasteiger partial charge on any atom is -0.484 e.